The minimum atomic E-state index is -0.335. The molecule has 0 spiro atoms. The Balaban J connectivity index is 1.59. The number of hydrogen-bond acceptors (Lipinski definition) is 4. The first-order valence-electron chi connectivity index (χ1n) is 9.59. The fourth-order valence-electron chi connectivity index (χ4n) is 4.85. The highest BCUT2D eigenvalue weighted by molar-refractivity contribution is 8.03. The molecule has 4 nitrogen and oxygen atoms in total. The Bertz CT molecular complexity index is 688. The topological polar surface area (TPSA) is 52.6 Å². The first-order chi connectivity index (χ1) is 12.5. The van der Waals surface area contributed by atoms with Crippen LogP contribution in [-0.4, -0.2) is 53.9 Å². The maximum absolute atomic E-state index is 12.4. The Morgan fingerprint density at radius 3 is 2.73 bits per heavy atom. The van der Waals surface area contributed by atoms with Crippen molar-refractivity contribution >= 4 is 17.7 Å². The Morgan fingerprint density at radius 1 is 1.23 bits per heavy atom. The Labute approximate surface area is 160 Å². The minimum absolute atomic E-state index is 0.0246. The molecule has 140 valence electrons. The quantitative estimate of drug-likeness (QED) is 0.852. The number of nitrogens with zero attached hydrogens (tertiary/aromatic N) is 1. The molecule has 0 bridgehead atoms. The van der Waals surface area contributed by atoms with Gasteiger partial charge in [0.2, 0.25) is 5.91 Å². The zero-order chi connectivity index (χ0) is 18.3. The van der Waals surface area contributed by atoms with E-state index in [1.54, 1.807) is 11.8 Å². The summed E-state index contributed by atoms with van der Waals surface area (Å²) in [5.74, 6) is 0.765. The van der Waals surface area contributed by atoms with E-state index >= 15 is 0 Å². The second-order valence-electron chi connectivity index (χ2n) is 8.12. The van der Waals surface area contributed by atoms with Gasteiger partial charge in [-0.2, -0.15) is 0 Å². The molecule has 2 fully saturated rings. The summed E-state index contributed by atoms with van der Waals surface area (Å²) < 4.78 is 0. The van der Waals surface area contributed by atoms with E-state index in [4.69, 9.17) is 0 Å². The van der Waals surface area contributed by atoms with Gasteiger partial charge < -0.3 is 15.3 Å². The van der Waals surface area contributed by atoms with E-state index in [1.807, 2.05) is 0 Å². The molecule has 1 aromatic carbocycles. The van der Waals surface area contributed by atoms with Gasteiger partial charge in [-0.05, 0) is 55.8 Å². The molecule has 6 atom stereocenters. The monoisotopic (exact) mass is 372 g/mol. The molecule has 1 saturated heterocycles. The van der Waals surface area contributed by atoms with Crippen molar-refractivity contribution < 1.29 is 9.90 Å². The van der Waals surface area contributed by atoms with Crippen LogP contribution in [0.15, 0.2) is 35.7 Å². The Hall–Kier alpha value is -1.30. The van der Waals surface area contributed by atoms with E-state index in [0.717, 1.165) is 25.8 Å². The van der Waals surface area contributed by atoms with Crippen LogP contribution in [0.5, 0.6) is 0 Å². The summed E-state index contributed by atoms with van der Waals surface area (Å²) in [7, 11) is 4.18. The zero-order valence-electron chi connectivity index (χ0n) is 15.5. The van der Waals surface area contributed by atoms with Crippen LogP contribution in [0.4, 0.5) is 0 Å². The average molecular weight is 373 g/mol. The van der Waals surface area contributed by atoms with Gasteiger partial charge in [0.25, 0.3) is 0 Å². The number of rotatable bonds is 4. The largest absolute Gasteiger partial charge is 0.392 e. The van der Waals surface area contributed by atoms with Crippen molar-refractivity contribution in [3.8, 4) is 0 Å². The molecule has 0 radical (unpaired) electrons. The van der Waals surface area contributed by atoms with Crippen LogP contribution in [0.2, 0.25) is 0 Å². The van der Waals surface area contributed by atoms with E-state index in [-0.39, 0.29) is 41.1 Å². The molecule has 1 aromatic rings. The number of nitrogens with one attached hydrogen (secondary N) is 1. The average Bonchev–Trinajstić information content (AvgIpc) is 3.12. The lowest BCUT2D eigenvalue weighted by atomic mass is 9.63. The minimum Gasteiger partial charge on any atom is -0.392 e. The number of piperidine rings is 1. The van der Waals surface area contributed by atoms with Crippen molar-refractivity contribution in [1.82, 2.24) is 10.2 Å². The van der Waals surface area contributed by atoms with Crippen molar-refractivity contribution in [2.75, 3.05) is 20.6 Å². The van der Waals surface area contributed by atoms with Crippen molar-refractivity contribution in [2.45, 2.75) is 42.6 Å². The summed E-state index contributed by atoms with van der Waals surface area (Å²) in [5.41, 5.74) is 2.54. The van der Waals surface area contributed by atoms with Gasteiger partial charge in [-0.15, -0.1) is 11.8 Å². The van der Waals surface area contributed by atoms with Gasteiger partial charge in [0, 0.05) is 24.4 Å². The van der Waals surface area contributed by atoms with E-state index < -0.39 is 0 Å². The third kappa shape index (κ3) is 3.32. The number of hydrogen-bond donors (Lipinski definition) is 2. The number of aliphatic hydroxyl groups is 1. The number of carbonyl (C=O) groups is 1. The predicted molar refractivity (Wildman–Crippen MR) is 106 cm³/mol. The standard InChI is InChI=1S/C21H28N2O2S/c1-23(2)11-9-13-3-5-14(6-4-13)18-17(24)8-7-16-19(18)15-10-12-26-20(15)21(25)22-16/h3-6,10,12,15-20,24H,7-9,11H2,1-2H3,(H,22,25). The predicted octanol–water partition coefficient (Wildman–Crippen LogP) is 2.39. The lowest BCUT2D eigenvalue weighted by molar-refractivity contribution is -0.126. The molecular weight excluding hydrogens is 344 g/mol. The van der Waals surface area contributed by atoms with Gasteiger partial charge >= 0.3 is 0 Å². The smallest absolute Gasteiger partial charge is 0.234 e. The molecule has 26 heavy (non-hydrogen) atoms. The van der Waals surface area contributed by atoms with Gasteiger partial charge in [-0.3, -0.25) is 4.79 Å². The van der Waals surface area contributed by atoms with E-state index in [2.05, 4.69) is 60.1 Å². The number of likely N-dealkylation sites (N-methyl/N-ethyl adjacent to an activating group) is 1. The fourth-order valence-corrected chi connectivity index (χ4v) is 5.94. The molecule has 2 heterocycles. The van der Waals surface area contributed by atoms with Crippen LogP contribution in [0, 0.1) is 11.8 Å². The van der Waals surface area contributed by atoms with Gasteiger partial charge in [0.05, 0.1) is 11.4 Å². The first kappa shape index (κ1) is 18.1. The van der Waals surface area contributed by atoms with Gasteiger partial charge in [0.1, 0.15) is 0 Å². The van der Waals surface area contributed by atoms with E-state index in [1.165, 1.54) is 11.1 Å². The summed E-state index contributed by atoms with van der Waals surface area (Å²) in [4.78, 5) is 14.6. The molecule has 3 aliphatic rings. The molecule has 2 aliphatic heterocycles. The Kier molecular flexibility index (Phi) is 5.13. The normalized spacial score (nSPS) is 35.9. The molecule has 0 aromatic heterocycles. The SMILES string of the molecule is CN(C)CCc1ccc(C2C(O)CCC3NC(=O)C4SC=CC4C32)cc1. The van der Waals surface area contributed by atoms with Crippen LogP contribution in [0.25, 0.3) is 0 Å². The lowest BCUT2D eigenvalue weighted by Gasteiger charge is -2.48. The lowest BCUT2D eigenvalue weighted by Crippen LogP contribution is -2.59. The van der Waals surface area contributed by atoms with Crippen molar-refractivity contribution in [2.24, 2.45) is 11.8 Å². The number of allylic oxidation sites excluding steroid dienone is 1. The number of amides is 1. The van der Waals surface area contributed by atoms with Crippen molar-refractivity contribution in [3.63, 3.8) is 0 Å². The number of benzene rings is 1. The number of aliphatic hydroxyl groups excluding tert-OH is 1. The molecule has 1 saturated carbocycles. The first-order valence-corrected chi connectivity index (χ1v) is 10.5. The maximum Gasteiger partial charge on any atom is 0.234 e. The number of carbonyl (C=O) groups excluding carboxylic acids is 1. The summed E-state index contributed by atoms with van der Waals surface area (Å²) in [6.45, 7) is 1.04. The highest BCUT2D eigenvalue weighted by Crippen LogP contribution is 2.50. The summed E-state index contributed by atoms with van der Waals surface area (Å²) in [5, 5.41) is 16.1. The maximum atomic E-state index is 12.4. The third-order valence-corrected chi connectivity index (χ3v) is 7.32. The molecular formula is C21H28N2O2S. The van der Waals surface area contributed by atoms with Crippen LogP contribution in [0.1, 0.15) is 29.9 Å². The van der Waals surface area contributed by atoms with Gasteiger partial charge in [0.15, 0.2) is 0 Å². The van der Waals surface area contributed by atoms with Crippen LogP contribution < -0.4 is 5.32 Å². The van der Waals surface area contributed by atoms with Crippen molar-refractivity contribution in [1.29, 1.82) is 0 Å². The van der Waals surface area contributed by atoms with Crippen LogP contribution in [-0.2, 0) is 11.2 Å². The Morgan fingerprint density at radius 2 is 2.00 bits per heavy atom. The summed E-state index contributed by atoms with van der Waals surface area (Å²) in [6, 6.07) is 8.96. The van der Waals surface area contributed by atoms with Crippen molar-refractivity contribution in [3.05, 3.63) is 46.9 Å². The van der Waals surface area contributed by atoms with Gasteiger partial charge in [-0.25, -0.2) is 0 Å². The molecule has 5 heteroatoms. The number of fused-ring (bicyclic) bond motifs is 3. The molecule has 2 N–H and O–H groups in total. The zero-order valence-corrected chi connectivity index (χ0v) is 16.3. The van der Waals surface area contributed by atoms with Gasteiger partial charge in [-0.1, -0.05) is 30.3 Å². The number of thioether (sulfide) groups is 1. The summed E-state index contributed by atoms with van der Waals surface area (Å²) >= 11 is 1.62. The van der Waals surface area contributed by atoms with E-state index in [9.17, 15) is 9.90 Å². The fraction of sp³-hybridized carbons (Fsp3) is 0.571. The highest BCUT2D eigenvalue weighted by Gasteiger charge is 2.51. The highest BCUT2D eigenvalue weighted by atomic mass is 32.2. The van der Waals surface area contributed by atoms with Crippen LogP contribution in [0.3, 0.4) is 0 Å². The molecule has 6 unspecified atom stereocenters. The summed E-state index contributed by atoms with van der Waals surface area (Å²) in [6.07, 6.45) is 4.52. The van der Waals surface area contributed by atoms with E-state index in [0.29, 0.717) is 0 Å². The molecule has 1 amide bonds. The van der Waals surface area contributed by atoms with Crippen LogP contribution >= 0.6 is 11.8 Å². The molecule has 4 rings (SSSR count). The molecule has 1 aliphatic carbocycles. The third-order valence-electron chi connectivity index (χ3n) is 6.19. The second kappa shape index (κ2) is 7.37. The second-order valence-corrected chi connectivity index (χ2v) is 9.17.